The molecule has 0 radical (unpaired) electrons. The first-order valence-electron chi connectivity index (χ1n) is 9.15. The molecule has 124 valence electrons. The van der Waals surface area contributed by atoms with Crippen LogP contribution in [0.1, 0.15) is 80.6 Å². The minimum Gasteiger partial charge on any atom is -0.373 e. The molecule has 1 aliphatic rings. The third-order valence-electron chi connectivity index (χ3n) is 5.30. The highest BCUT2D eigenvalue weighted by molar-refractivity contribution is 4.92. The van der Waals surface area contributed by atoms with E-state index < -0.39 is 0 Å². The van der Waals surface area contributed by atoms with Crippen LogP contribution >= 0.6 is 0 Å². The summed E-state index contributed by atoms with van der Waals surface area (Å²) in [5.41, 5.74) is 0.245. The van der Waals surface area contributed by atoms with Gasteiger partial charge in [-0.15, -0.1) is 0 Å². The van der Waals surface area contributed by atoms with Crippen LogP contribution in [0.3, 0.4) is 0 Å². The van der Waals surface area contributed by atoms with Gasteiger partial charge in [0.25, 0.3) is 0 Å². The van der Waals surface area contributed by atoms with Crippen molar-refractivity contribution in [3.63, 3.8) is 0 Å². The lowest BCUT2D eigenvalue weighted by atomic mass is 9.78. The van der Waals surface area contributed by atoms with Crippen LogP contribution in [0, 0.1) is 23.7 Å². The monoisotopic (exact) mass is 293 g/mol. The van der Waals surface area contributed by atoms with E-state index in [1.54, 1.807) is 0 Å². The summed E-state index contributed by atoms with van der Waals surface area (Å²) in [4.78, 5) is 2.54. The number of hydrogen-bond donors (Lipinski definition) is 0. The van der Waals surface area contributed by atoms with Crippen molar-refractivity contribution in [3.05, 3.63) is 12.3 Å². The van der Waals surface area contributed by atoms with E-state index in [1.807, 2.05) is 0 Å². The van der Waals surface area contributed by atoms with Crippen LogP contribution in [0.5, 0.6) is 0 Å². The Morgan fingerprint density at radius 3 is 2.10 bits per heavy atom. The van der Waals surface area contributed by atoms with E-state index in [1.165, 1.54) is 38.6 Å². The van der Waals surface area contributed by atoms with Gasteiger partial charge in [-0.1, -0.05) is 46.6 Å². The molecular weight excluding hydrogens is 254 g/mol. The molecule has 2 unspecified atom stereocenters. The van der Waals surface area contributed by atoms with E-state index in [-0.39, 0.29) is 5.54 Å². The Labute approximate surface area is 134 Å². The standard InChI is InChI=1S/C20H39N/c1-16(2)18-11-8-9-13-21(20(5,6)7)14-10-12-19(15-18)17(3)4/h10,14,16-19H,8-9,11-13,15H2,1-7H3/b14-10-. The summed E-state index contributed by atoms with van der Waals surface area (Å²) in [6.07, 6.45) is 11.6. The van der Waals surface area contributed by atoms with Crippen LogP contribution in [-0.2, 0) is 0 Å². The number of hydrogen-bond acceptors (Lipinski definition) is 1. The van der Waals surface area contributed by atoms with Crippen LogP contribution in [-0.4, -0.2) is 17.0 Å². The van der Waals surface area contributed by atoms with Crippen molar-refractivity contribution in [2.24, 2.45) is 23.7 Å². The summed E-state index contributed by atoms with van der Waals surface area (Å²) >= 11 is 0. The molecule has 1 aliphatic heterocycles. The van der Waals surface area contributed by atoms with E-state index >= 15 is 0 Å². The van der Waals surface area contributed by atoms with Gasteiger partial charge in [-0.25, -0.2) is 0 Å². The van der Waals surface area contributed by atoms with Crippen LogP contribution in [0.15, 0.2) is 12.3 Å². The minimum atomic E-state index is 0.245. The van der Waals surface area contributed by atoms with E-state index in [2.05, 4.69) is 65.6 Å². The van der Waals surface area contributed by atoms with Crippen molar-refractivity contribution >= 4 is 0 Å². The lowest BCUT2D eigenvalue weighted by Gasteiger charge is -2.35. The van der Waals surface area contributed by atoms with Gasteiger partial charge in [-0.3, -0.25) is 0 Å². The molecule has 0 amide bonds. The largest absolute Gasteiger partial charge is 0.373 e. The van der Waals surface area contributed by atoms with E-state index in [9.17, 15) is 0 Å². The molecule has 0 aromatic heterocycles. The number of nitrogens with zero attached hydrogens (tertiary/aromatic N) is 1. The first kappa shape index (κ1) is 18.6. The fourth-order valence-corrected chi connectivity index (χ4v) is 3.44. The molecular formula is C20H39N. The first-order valence-corrected chi connectivity index (χ1v) is 9.15. The Hall–Kier alpha value is -0.460. The van der Waals surface area contributed by atoms with Gasteiger partial charge in [0, 0.05) is 12.1 Å². The lowest BCUT2D eigenvalue weighted by Crippen LogP contribution is -2.37. The Morgan fingerprint density at radius 1 is 0.952 bits per heavy atom. The quantitative estimate of drug-likeness (QED) is 0.593. The summed E-state index contributed by atoms with van der Waals surface area (Å²) in [7, 11) is 0. The SMILES string of the molecule is CC(C)C1C/C=C\N(C(C)(C)C)CCCCC(C(C)C)C1. The first-order chi connectivity index (χ1) is 9.71. The smallest absolute Gasteiger partial charge is 0.0312 e. The molecule has 0 spiro atoms. The third-order valence-corrected chi connectivity index (χ3v) is 5.30. The molecule has 0 aromatic carbocycles. The fourth-order valence-electron chi connectivity index (χ4n) is 3.44. The van der Waals surface area contributed by atoms with Crippen molar-refractivity contribution in [2.45, 2.75) is 86.1 Å². The van der Waals surface area contributed by atoms with E-state index in [0.717, 1.165) is 23.7 Å². The molecule has 1 heterocycles. The lowest BCUT2D eigenvalue weighted by molar-refractivity contribution is 0.198. The minimum absolute atomic E-state index is 0.245. The van der Waals surface area contributed by atoms with Gasteiger partial charge in [-0.05, 0) is 69.9 Å². The molecule has 2 atom stereocenters. The number of allylic oxidation sites excluding steroid dienone is 1. The average Bonchev–Trinajstić information content (AvgIpc) is 2.39. The molecule has 0 aliphatic carbocycles. The van der Waals surface area contributed by atoms with Crippen LogP contribution in [0.4, 0.5) is 0 Å². The van der Waals surface area contributed by atoms with E-state index in [0.29, 0.717) is 0 Å². The van der Waals surface area contributed by atoms with Crippen molar-refractivity contribution in [1.29, 1.82) is 0 Å². The molecule has 0 N–H and O–H groups in total. The normalized spacial score (nSPS) is 27.8. The predicted octanol–water partition coefficient (Wildman–Crippen LogP) is 6.11. The van der Waals surface area contributed by atoms with E-state index in [4.69, 9.17) is 0 Å². The Balaban J connectivity index is 2.82. The molecule has 0 bridgehead atoms. The van der Waals surface area contributed by atoms with Crippen LogP contribution in [0.2, 0.25) is 0 Å². The summed E-state index contributed by atoms with van der Waals surface area (Å²) in [5, 5.41) is 0. The highest BCUT2D eigenvalue weighted by Gasteiger charge is 2.23. The molecule has 1 rings (SSSR count). The Kier molecular flexibility index (Phi) is 7.30. The second-order valence-corrected chi connectivity index (χ2v) is 8.72. The Morgan fingerprint density at radius 2 is 1.57 bits per heavy atom. The molecule has 21 heavy (non-hydrogen) atoms. The summed E-state index contributed by atoms with van der Waals surface area (Å²) in [6, 6.07) is 0. The highest BCUT2D eigenvalue weighted by Crippen LogP contribution is 2.32. The molecule has 1 heteroatoms. The predicted molar refractivity (Wildman–Crippen MR) is 95.3 cm³/mol. The fraction of sp³-hybridized carbons (Fsp3) is 0.900. The van der Waals surface area contributed by atoms with Gasteiger partial charge in [-0.2, -0.15) is 0 Å². The molecule has 0 aromatic rings. The van der Waals surface area contributed by atoms with Crippen LogP contribution in [0.25, 0.3) is 0 Å². The maximum absolute atomic E-state index is 2.54. The van der Waals surface area contributed by atoms with Gasteiger partial charge in [0.15, 0.2) is 0 Å². The zero-order valence-corrected chi connectivity index (χ0v) is 15.7. The molecule has 0 saturated heterocycles. The van der Waals surface area contributed by atoms with Gasteiger partial charge in [0.05, 0.1) is 0 Å². The molecule has 0 fully saturated rings. The van der Waals surface area contributed by atoms with Gasteiger partial charge >= 0.3 is 0 Å². The number of rotatable bonds is 2. The van der Waals surface area contributed by atoms with Crippen LogP contribution < -0.4 is 0 Å². The second-order valence-electron chi connectivity index (χ2n) is 8.72. The summed E-state index contributed by atoms with van der Waals surface area (Å²) < 4.78 is 0. The van der Waals surface area contributed by atoms with Crippen molar-refractivity contribution in [3.8, 4) is 0 Å². The van der Waals surface area contributed by atoms with Crippen molar-refractivity contribution in [1.82, 2.24) is 4.90 Å². The van der Waals surface area contributed by atoms with Gasteiger partial charge < -0.3 is 4.90 Å². The topological polar surface area (TPSA) is 3.24 Å². The average molecular weight is 294 g/mol. The maximum Gasteiger partial charge on any atom is 0.0312 e. The zero-order chi connectivity index (χ0) is 16.0. The molecule has 1 nitrogen and oxygen atoms in total. The van der Waals surface area contributed by atoms with Crippen molar-refractivity contribution < 1.29 is 0 Å². The second kappa shape index (κ2) is 8.25. The molecule has 0 saturated carbocycles. The zero-order valence-electron chi connectivity index (χ0n) is 15.7. The summed E-state index contributed by atoms with van der Waals surface area (Å²) in [6.45, 7) is 17.8. The van der Waals surface area contributed by atoms with Crippen molar-refractivity contribution in [2.75, 3.05) is 6.54 Å². The summed E-state index contributed by atoms with van der Waals surface area (Å²) in [5.74, 6) is 3.37. The highest BCUT2D eigenvalue weighted by atomic mass is 15.2. The third kappa shape index (κ3) is 6.45. The van der Waals surface area contributed by atoms with Gasteiger partial charge in [0.2, 0.25) is 0 Å². The maximum atomic E-state index is 2.54. The van der Waals surface area contributed by atoms with Gasteiger partial charge in [0.1, 0.15) is 0 Å². The Bertz CT molecular complexity index is 308.